The molecule has 1 aliphatic carbocycles. The van der Waals surface area contributed by atoms with Gasteiger partial charge < -0.3 is 10.8 Å². The number of aliphatic hydroxyl groups is 1. The van der Waals surface area contributed by atoms with Crippen molar-refractivity contribution < 1.29 is 18.7 Å². The van der Waals surface area contributed by atoms with Crippen molar-refractivity contribution in [3.8, 4) is 11.8 Å². The van der Waals surface area contributed by atoms with E-state index in [2.05, 4.69) is 148 Å². The number of carbonyl (C=O) groups excluding carboxylic acids is 1. The number of rotatable bonds is 7. The molecule has 1 aliphatic rings. The van der Waals surface area contributed by atoms with Gasteiger partial charge in [0.25, 0.3) is 0 Å². The number of hydrogen-bond donors (Lipinski definition) is 2. The number of aliphatic hydroxyl groups excluding tert-OH is 1. The van der Waals surface area contributed by atoms with Crippen LogP contribution in [0.25, 0.3) is 6.08 Å². The highest BCUT2D eigenvalue weighted by Crippen LogP contribution is 2.23. The van der Waals surface area contributed by atoms with Crippen LogP contribution in [-0.2, 0) is 11.2 Å². The summed E-state index contributed by atoms with van der Waals surface area (Å²) in [7, 11) is 0. The van der Waals surface area contributed by atoms with Gasteiger partial charge in [-0.3, -0.25) is 9.78 Å². The lowest BCUT2D eigenvalue weighted by atomic mass is 10.0. The molecule has 0 unspecified atom stereocenters. The normalized spacial score (nSPS) is 11.4. The Morgan fingerprint density at radius 3 is 1.56 bits per heavy atom. The third kappa shape index (κ3) is 30.2. The van der Waals surface area contributed by atoms with Crippen molar-refractivity contribution in [2.24, 2.45) is 17.6 Å². The Morgan fingerprint density at radius 2 is 1.15 bits per heavy atom. The van der Waals surface area contributed by atoms with E-state index in [1.807, 2.05) is 72.0 Å². The van der Waals surface area contributed by atoms with Crippen LogP contribution in [0, 0.1) is 63.0 Å². The number of aromatic nitrogens is 1. The molecule has 4 nitrogen and oxygen atoms in total. The summed E-state index contributed by atoms with van der Waals surface area (Å²) < 4.78 is 25.6. The van der Waals surface area contributed by atoms with Gasteiger partial charge in [0.05, 0.1) is 5.69 Å². The molecule has 6 rings (SSSR count). The van der Waals surface area contributed by atoms with Gasteiger partial charge in [-0.2, -0.15) is 0 Å². The lowest BCUT2D eigenvalue weighted by Gasteiger charge is -2.06. The first-order chi connectivity index (χ1) is 33.0. The maximum Gasteiger partial charge on any atom is 0.241 e. The van der Waals surface area contributed by atoms with Gasteiger partial charge in [0.2, 0.25) is 5.91 Å². The molecule has 1 atom stereocenters. The molecule has 1 aromatic heterocycles. The minimum Gasteiger partial charge on any atom is -0.381 e. The number of nitrogens with zero attached hydrogens (tertiary/aromatic N) is 1. The van der Waals surface area contributed by atoms with Crippen LogP contribution in [0.5, 0.6) is 0 Å². The Labute approximate surface area is 435 Å². The Hall–Kier alpha value is -5.35. The quantitative estimate of drug-likeness (QED) is 0.126. The summed E-state index contributed by atoms with van der Waals surface area (Å²) in [6.07, 6.45) is 10.0. The molecule has 0 aliphatic heterocycles. The van der Waals surface area contributed by atoms with Gasteiger partial charge in [-0.15, -0.1) is 0 Å². The van der Waals surface area contributed by atoms with Crippen molar-refractivity contribution in [2.45, 2.75) is 174 Å². The van der Waals surface area contributed by atoms with Gasteiger partial charge in [0.15, 0.2) is 0 Å². The molecule has 1 heterocycles. The highest BCUT2D eigenvalue weighted by molar-refractivity contribution is 6.31. The van der Waals surface area contributed by atoms with Gasteiger partial charge >= 0.3 is 0 Å². The Bertz CT molecular complexity index is 2360. The molecule has 0 saturated carbocycles. The molecule has 7 heteroatoms. The first-order valence-corrected chi connectivity index (χ1v) is 25.6. The zero-order valence-corrected chi connectivity index (χ0v) is 47.6. The second-order valence-corrected chi connectivity index (χ2v) is 20.7. The van der Waals surface area contributed by atoms with E-state index < -0.39 is 6.10 Å². The van der Waals surface area contributed by atoms with E-state index in [1.54, 1.807) is 32.1 Å². The fraction of sp³-hybridized carbons (Fsp3) is 0.438. The average molecular weight is 992 g/mol. The zero-order chi connectivity index (χ0) is 54.5. The summed E-state index contributed by atoms with van der Waals surface area (Å²) in [6.45, 7) is 39.0. The molecule has 0 radical (unpaired) electrons. The van der Waals surface area contributed by atoms with Gasteiger partial charge in [-0.05, 0) is 157 Å². The van der Waals surface area contributed by atoms with Crippen molar-refractivity contribution in [3.63, 3.8) is 0 Å². The second-order valence-electron chi connectivity index (χ2n) is 20.3. The molecule has 0 bridgehead atoms. The first-order valence-electron chi connectivity index (χ1n) is 25.2. The Morgan fingerprint density at radius 1 is 0.634 bits per heavy atom. The number of pyridine rings is 1. The SMILES string of the molecule is CC(C)/C=C/C(N)=O.CC(C)C#C[C@@H](C)O.CC(C)c1cnc2c(c1)C=CC2.Cc1cc(C(C)C)ccc1Cl.Cc1cc(C(C)C)ccc1F.Cc1cc(F)cc(C(C)C)c1.Cc1cccc(C(C)C)c1. The van der Waals surface area contributed by atoms with Crippen LogP contribution in [0.3, 0.4) is 0 Å². The number of aryl methyl sites for hydroxylation is 4. The Kier molecular flexibility index (Phi) is 32.3. The van der Waals surface area contributed by atoms with Gasteiger partial charge in [0, 0.05) is 23.6 Å². The Balaban J connectivity index is 0.000000810. The fourth-order valence-corrected chi connectivity index (χ4v) is 6.33. The van der Waals surface area contributed by atoms with Gasteiger partial charge in [-0.1, -0.05) is 199 Å². The molecule has 5 aromatic rings. The van der Waals surface area contributed by atoms with Crippen LogP contribution in [0.1, 0.15) is 195 Å². The predicted molar refractivity (Wildman–Crippen MR) is 305 cm³/mol. The van der Waals surface area contributed by atoms with Crippen LogP contribution in [0.4, 0.5) is 8.78 Å². The second kappa shape index (κ2) is 34.9. The fourth-order valence-electron chi connectivity index (χ4n) is 6.21. The number of hydrogen-bond acceptors (Lipinski definition) is 3. The van der Waals surface area contributed by atoms with Crippen LogP contribution in [0.2, 0.25) is 5.02 Å². The number of carbonyl (C=O) groups is 1. The number of benzene rings is 4. The van der Waals surface area contributed by atoms with Crippen molar-refractivity contribution in [2.75, 3.05) is 0 Å². The third-order valence-corrected chi connectivity index (χ3v) is 11.1. The van der Waals surface area contributed by atoms with Crippen molar-refractivity contribution >= 4 is 23.6 Å². The first kappa shape index (κ1) is 65.7. The summed E-state index contributed by atoms with van der Waals surface area (Å²) >= 11 is 5.89. The van der Waals surface area contributed by atoms with Crippen molar-refractivity contribution in [1.82, 2.24) is 4.98 Å². The van der Waals surface area contributed by atoms with Crippen molar-refractivity contribution in [1.29, 1.82) is 0 Å². The number of nitrogens with two attached hydrogens (primary N) is 1. The van der Waals surface area contributed by atoms with Gasteiger partial charge in [0.1, 0.15) is 17.7 Å². The summed E-state index contributed by atoms with van der Waals surface area (Å²) in [5, 5.41) is 9.48. The number of fused-ring (bicyclic) bond motifs is 1. The molecule has 1 amide bonds. The maximum absolute atomic E-state index is 12.8. The van der Waals surface area contributed by atoms with E-state index in [-0.39, 0.29) is 17.5 Å². The zero-order valence-electron chi connectivity index (χ0n) is 46.8. The molecular formula is C64H89ClF2N2O2. The van der Waals surface area contributed by atoms with E-state index >= 15 is 0 Å². The van der Waals surface area contributed by atoms with Gasteiger partial charge in [-0.25, -0.2) is 8.78 Å². The highest BCUT2D eigenvalue weighted by Gasteiger charge is 2.08. The molecule has 0 saturated heterocycles. The minimum atomic E-state index is -0.475. The maximum atomic E-state index is 12.8. The highest BCUT2D eigenvalue weighted by atomic mass is 35.5. The lowest BCUT2D eigenvalue weighted by molar-refractivity contribution is -0.113. The van der Waals surface area contributed by atoms with E-state index in [9.17, 15) is 13.6 Å². The lowest BCUT2D eigenvalue weighted by Crippen LogP contribution is -2.05. The van der Waals surface area contributed by atoms with Crippen LogP contribution in [0.15, 0.2) is 109 Å². The van der Waals surface area contributed by atoms with Crippen molar-refractivity contribution in [3.05, 3.63) is 187 Å². The standard InChI is InChI=1S/C11H13N.C10H13Cl.2C10H13F.C10H14.C7H12O.C6H11NO/c1-8(2)10-6-9-4-3-5-11(9)12-7-10;1-7(2)9-4-5-10(11)8(3)6-9;1-7(2)9-4-8(3)5-10(11)6-9;1-7(2)9-4-5-10(11)8(3)6-9;1-8(2)10-6-4-5-9(3)7-10;1-6(2)4-5-7(3)8;1-5(2)3-4-6(7)8/h3-4,6-8H,5H2,1-2H3;3*4-7H,1-3H3;4-8H,1-3H3;6-8H,1-3H3;3-5H,1-2H3,(H2,7,8)/b;;;;;;4-3+/t;;;;;7-;/m.....1./s1. The average Bonchev–Trinajstić information content (AvgIpc) is 3.76. The largest absolute Gasteiger partial charge is 0.381 e. The predicted octanol–water partition coefficient (Wildman–Crippen LogP) is 17.9. The molecule has 388 valence electrons. The van der Waals surface area contributed by atoms with E-state index in [0.717, 1.165) is 33.7 Å². The minimum absolute atomic E-state index is 0.116. The summed E-state index contributed by atoms with van der Waals surface area (Å²) in [6, 6.07) is 27.5. The third-order valence-electron chi connectivity index (χ3n) is 10.7. The van der Waals surface area contributed by atoms with Crippen LogP contribution < -0.4 is 5.73 Å². The molecule has 0 fully saturated rings. The van der Waals surface area contributed by atoms with Crippen LogP contribution >= 0.6 is 11.6 Å². The molecular weight excluding hydrogens is 902 g/mol. The van der Waals surface area contributed by atoms with Crippen LogP contribution in [-0.4, -0.2) is 22.1 Å². The number of primary amides is 1. The number of allylic oxidation sites excluding steroid dienone is 2. The topological polar surface area (TPSA) is 76.2 Å². The molecule has 4 aromatic carbocycles. The monoisotopic (exact) mass is 991 g/mol. The molecule has 71 heavy (non-hydrogen) atoms. The summed E-state index contributed by atoms with van der Waals surface area (Å²) in [4.78, 5) is 14.5. The number of halogens is 3. The van der Waals surface area contributed by atoms with E-state index in [4.69, 9.17) is 22.4 Å². The molecule has 0 spiro atoms. The number of amides is 1. The van der Waals surface area contributed by atoms with E-state index in [1.165, 1.54) is 51.2 Å². The summed E-state index contributed by atoms with van der Waals surface area (Å²) in [5.74, 6) is 8.35. The smallest absolute Gasteiger partial charge is 0.241 e. The van der Waals surface area contributed by atoms with E-state index in [0.29, 0.717) is 41.4 Å². The molecule has 3 N–H and O–H groups in total. The summed E-state index contributed by atoms with van der Waals surface area (Å²) in [5.41, 5.74) is 18.0.